The van der Waals surface area contributed by atoms with E-state index in [9.17, 15) is 19.6 Å². The number of ether oxygens (including phenoxy) is 1. The van der Waals surface area contributed by atoms with Gasteiger partial charge in [-0.2, -0.15) is 5.26 Å². The van der Waals surface area contributed by atoms with Gasteiger partial charge in [-0.15, -0.1) is 0 Å². The molecule has 0 saturated heterocycles. The molecule has 0 aliphatic heterocycles. The van der Waals surface area contributed by atoms with E-state index in [2.05, 4.69) is 36.8 Å². The third kappa shape index (κ3) is 3.31. The second-order valence-electron chi connectivity index (χ2n) is 5.50. The number of pyridine rings is 1. The van der Waals surface area contributed by atoms with E-state index in [0.717, 1.165) is 0 Å². The van der Waals surface area contributed by atoms with Crippen LogP contribution in [-0.4, -0.2) is 27.2 Å². The van der Waals surface area contributed by atoms with Crippen LogP contribution < -0.4 is 0 Å². The fourth-order valence-electron chi connectivity index (χ4n) is 2.72. The fraction of sp³-hybridized carbons (Fsp3) is 0.167. The van der Waals surface area contributed by atoms with Gasteiger partial charge in [0.05, 0.1) is 28.5 Å². The molecule has 1 aromatic carbocycles. The summed E-state index contributed by atoms with van der Waals surface area (Å²) in [7, 11) is 0. The number of benzene rings is 1. The van der Waals surface area contributed by atoms with Crippen LogP contribution in [0.25, 0.3) is 10.9 Å². The number of fused-ring (bicyclic) bond motifs is 1. The average Bonchev–Trinajstić information content (AvgIpc) is 2.90. The van der Waals surface area contributed by atoms with Crippen LogP contribution in [0.3, 0.4) is 0 Å². The van der Waals surface area contributed by atoms with Crippen molar-refractivity contribution >= 4 is 48.7 Å². The van der Waals surface area contributed by atoms with Crippen LogP contribution in [0, 0.1) is 17.1 Å². The van der Waals surface area contributed by atoms with E-state index in [0.29, 0.717) is 14.6 Å². The van der Waals surface area contributed by atoms with E-state index in [1.165, 1.54) is 6.07 Å². The minimum atomic E-state index is -0.835. The van der Waals surface area contributed by atoms with Crippen molar-refractivity contribution in [3.05, 3.63) is 56.1 Å². The van der Waals surface area contributed by atoms with Crippen LogP contribution in [-0.2, 0) is 11.3 Å². The first kappa shape index (κ1) is 19.3. The normalized spacial score (nSPS) is 10.8. The lowest BCUT2D eigenvalue weighted by Gasteiger charge is -2.10. The molecule has 0 radical (unpaired) electrons. The molecule has 0 aliphatic carbocycles. The largest absolute Gasteiger partial charge is 0.505 e. The molecule has 9 heteroatoms. The Kier molecular flexibility index (Phi) is 5.48. The molecule has 3 aromatic rings. The molecule has 2 heterocycles. The highest BCUT2D eigenvalue weighted by Crippen LogP contribution is 2.42. The van der Waals surface area contributed by atoms with Crippen molar-refractivity contribution in [3.8, 4) is 11.8 Å². The predicted octanol–water partition coefficient (Wildman–Crippen LogP) is 4.50. The number of carbonyl (C=O) groups excluding carboxylic acids is 1. The Morgan fingerprint density at radius 1 is 1.41 bits per heavy atom. The lowest BCUT2D eigenvalue weighted by atomic mass is 10.1. The molecule has 1 N–H and O–H groups in total. The van der Waals surface area contributed by atoms with Crippen LogP contribution >= 0.6 is 31.9 Å². The van der Waals surface area contributed by atoms with Crippen molar-refractivity contribution in [2.24, 2.45) is 0 Å². The van der Waals surface area contributed by atoms with Crippen LogP contribution in [0.15, 0.2) is 33.3 Å². The summed E-state index contributed by atoms with van der Waals surface area (Å²) in [5.74, 6) is -1.65. The summed E-state index contributed by atoms with van der Waals surface area (Å²) < 4.78 is 21.5. The molecule has 138 valence electrons. The molecule has 0 unspecified atom stereocenters. The number of rotatable bonds is 4. The highest BCUT2D eigenvalue weighted by atomic mass is 79.9. The predicted molar refractivity (Wildman–Crippen MR) is 103 cm³/mol. The highest BCUT2D eigenvalue weighted by molar-refractivity contribution is 9.13. The van der Waals surface area contributed by atoms with Gasteiger partial charge in [-0.1, -0.05) is 18.2 Å². The van der Waals surface area contributed by atoms with Crippen molar-refractivity contribution in [3.63, 3.8) is 0 Å². The molecule has 27 heavy (non-hydrogen) atoms. The Balaban J connectivity index is 2.30. The molecule has 0 aliphatic rings. The van der Waals surface area contributed by atoms with Gasteiger partial charge in [0.1, 0.15) is 16.5 Å². The number of nitriles is 1. The highest BCUT2D eigenvalue weighted by Gasteiger charge is 2.27. The molecule has 0 fully saturated rings. The number of esters is 1. The minimum Gasteiger partial charge on any atom is -0.505 e. The number of halogens is 3. The van der Waals surface area contributed by atoms with Gasteiger partial charge in [0, 0.05) is 5.56 Å². The van der Waals surface area contributed by atoms with Gasteiger partial charge >= 0.3 is 5.97 Å². The van der Waals surface area contributed by atoms with Crippen LogP contribution in [0.4, 0.5) is 4.39 Å². The van der Waals surface area contributed by atoms with Gasteiger partial charge in [-0.25, -0.2) is 14.2 Å². The van der Waals surface area contributed by atoms with Crippen LogP contribution in [0.5, 0.6) is 5.75 Å². The molecule has 6 nitrogen and oxygen atoms in total. The van der Waals surface area contributed by atoms with Crippen molar-refractivity contribution < 1.29 is 19.0 Å². The minimum absolute atomic E-state index is 0.0872. The third-order valence-electron chi connectivity index (χ3n) is 3.91. The number of hydrogen-bond donors (Lipinski definition) is 1. The molecule has 0 bridgehead atoms. The van der Waals surface area contributed by atoms with Crippen LogP contribution in [0.1, 0.15) is 28.7 Å². The first-order valence-electron chi connectivity index (χ1n) is 7.81. The van der Waals surface area contributed by atoms with Gasteiger partial charge in [-0.05, 0) is 44.8 Å². The first-order chi connectivity index (χ1) is 12.9. The molecular weight excluding hydrogens is 485 g/mol. The standard InChI is InChI=1S/C18H12Br2FN3O3/c1-2-27-18(26)14-16(25)12-13(19)17(20)24(15(12)11(7-22)23-14)8-9-5-3-4-6-10(9)21/h3-6,25H,2,8H2,1H3. The van der Waals surface area contributed by atoms with Crippen molar-refractivity contribution in [1.82, 2.24) is 9.55 Å². The SMILES string of the molecule is CCOC(=O)c1nc(C#N)c2c(c1O)c(Br)c(Br)n2Cc1ccccc1F. The molecule has 0 saturated carbocycles. The van der Waals surface area contributed by atoms with Gasteiger partial charge < -0.3 is 14.4 Å². The zero-order valence-corrected chi connectivity index (χ0v) is 17.1. The Bertz CT molecular complexity index is 1110. The maximum Gasteiger partial charge on any atom is 0.360 e. The number of aromatic hydroxyl groups is 1. The van der Waals surface area contributed by atoms with E-state index >= 15 is 0 Å². The summed E-state index contributed by atoms with van der Waals surface area (Å²) in [6.45, 7) is 1.80. The lowest BCUT2D eigenvalue weighted by Crippen LogP contribution is -2.10. The maximum absolute atomic E-state index is 14.1. The van der Waals surface area contributed by atoms with E-state index in [-0.39, 0.29) is 35.4 Å². The van der Waals surface area contributed by atoms with Gasteiger partial charge in [0.25, 0.3) is 0 Å². The molecule has 3 rings (SSSR count). The summed E-state index contributed by atoms with van der Waals surface area (Å²) in [5, 5.41) is 20.4. The number of carbonyl (C=O) groups is 1. The zero-order chi connectivity index (χ0) is 19.7. The van der Waals surface area contributed by atoms with E-state index in [1.807, 2.05) is 6.07 Å². The van der Waals surface area contributed by atoms with Gasteiger partial charge in [-0.3, -0.25) is 0 Å². The van der Waals surface area contributed by atoms with E-state index < -0.39 is 17.5 Å². The van der Waals surface area contributed by atoms with Crippen molar-refractivity contribution in [2.75, 3.05) is 6.61 Å². The second-order valence-corrected chi connectivity index (χ2v) is 7.04. The lowest BCUT2D eigenvalue weighted by molar-refractivity contribution is 0.0516. The summed E-state index contributed by atoms with van der Waals surface area (Å²) in [5.41, 5.74) is 0.219. The Morgan fingerprint density at radius 3 is 2.74 bits per heavy atom. The van der Waals surface area contributed by atoms with Gasteiger partial charge in [0.15, 0.2) is 17.1 Å². The number of hydrogen-bond acceptors (Lipinski definition) is 5. The van der Waals surface area contributed by atoms with E-state index in [1.54, 1.807) is 29.7 Å². The third-order valence-corrected chi connectivity index (χ3v) is 6.04. The fourth-order valence-corrected chi connectivity index (χ4v) is 3.81. The summed E-state index contributed by atoms with van der Waals surface area (Å²) in [6, 6.07) is 8.17. The summed E-state index contributed by atoms with van der Waals surface area (Å²) in [6.07, 6.45) is 0. The first-order valence-corrected chi connectivity index (χ1v) is 9.40. The summed E-state index contributed by atoms with van der Waals surface area (Å²) >= 11 is 6.75. The topological polar surface area (TPSA) is 88.1 Å². The number of nitrogens with zero attached hydrogens (tertiary/aromatic N) is 3. The van der Waals surface area contributed by atoms with E-state index in [4.69, 9.17) is 4.74 Å². The summed E-state index contributed by atoms with van der Waals surface area (Å²) in [4.78, 5) is 16.1. The Hall–Kier alpha value is -2.44. The van der Waals surface area contributed by atoms with Crippen molar-refractivity contribution in [2.45, 2.75) is 13.5 Å². The molecule has 0 amide bonds. The molecule has 0 atom stereocenters. The zero-order valence-electron chi connectivity index (χ0n) is 14.0. The van der Waals surface area contributed by atoms with Crippen molar-refractivity contribution in [1.29, 1.82) is 5.26 Å². The quantitative estimate of drug-likeness (QED) is 0.537. The molecular formula is C18H12Br2FN3O3. The Morgan fingerprint density at radius 2 is 2.11 bits per heavy atom. The Labute approximate surface area is 170 Å². The molecule has 2 aromatic heterocycles. The average molecular weight is 497 g/mol. The monoisotopic (exact) mass is 495 g/mol. The van der Waals surface area contributed by atoms with Gasteiger partial charge in [0.2, 0.25) is 0 Å². The van der Waals surface area contributed by atoms with Crippen LogP contribution in [0.2, 0.25) is 0 Å². The smallest absolute Gasteiger partial charge is 0.360 e. The number of aromatic nitrogens is 2. The second kappa shape index (κ2) is 7.66. The maximum atomic E-state index is 14.1. The molecule has 0 spiro atoms.